The molecule has 0 amide bonds. The van der Waals surface area contributed by atoms with Crippen LogP contribution in [0.4, 0.5) is 0 Å². The van der Waals surface area contributed by atoms with E-state index in [1.807, 2.05) is 0 Å². The van der Waals surface area contributed by atoms with Gasteiger partial charge in [-0.3, -0.25) is 0 Å². The number of rotatable bonds is 4. The maximum atomic E-state index is 6.42. The summed E-state index contributed by atoms with van der Waals surface area (Å²) in [6.07, 6.45) is 7.80. The second kappa shape index (κ2) is 10.6. The van der Waals surface area contributed by atoms with Crippen LogP contribution in [-0.4, -0.2) is 27.5 Å². The van der Waals surface area contributed by atoms with Crippen molar-refractivity contribution in [2.75, 3.05) is 0 Å². The maximum absolute atomic E-state index is 6.42. The molecule has 1 aliphatic heterocycles. The molecule has 3 heterocycles. The van der Waals surface area contributed by atoms with E-state index in [1.54, 1.807) is 0 Å². The van der Waals surface area contributed by atoms with Crippen LogP contribution >= 0.6 is 0 Å². The average Bonchev–Trinajstić information content (AvgIpc) is 3.67. The van der Waals surface area contributed by atoms with E-state index in [1.165, 1.54) is 60.4 Å². The number of benzene rings is 5. The predicted octanol–water partition coefficient (Wildman–Crippen LogP) is 10.3. The lowest BCUT2D eigenvalue weighted by Gasteiger charge is -2.32. The highest BCUT2D eigenvalue weighted by molar-refractivity contribution is 6.62. The highest BCUT2D eigenvalue weighted by atomic mass is 16.7. The maximum Gasteiger partial charge on any atom is 0.494 e. The average molecular weight is 627 g/mol. The first-order valence-electron chi connectivity index (χ1n) is 17.1. The van der Waals surface area contributed by atoms with Gasteiger partial charge in [0.2, 0.25) is 0 Å². The molecule has 0 N–H and O–H groups in total. The second-order valence-corrected chi connectivity index (χ2v) is 14.6. The molecule has 9 rings (SSSR count). The fourth-order valence-corrected chi connectivity index (χ4v) is 7.67. The number of hydrogen-bond acceptors (Lipinski definition) is 2. The van der Waals surface area contributed by atoms with Crippen molar-refractivity contribution >= 4 is 61.9 Å². The zero-order valence-electron chi connectivity index (χ0n) is 28.2. The van der Waals surface area contributed by atoms with Crippen molar-refractivity contribution in [3.05, 3.63) is 127 Å². The zero-order chi connectivity index (χ0) is 32.8. The van der Waals surface area contributed by atoms with Crippen molar-refractivity contribution in [3.8, 4) is 16.8 Å². The lowest BCUT2D eigenvalue weighted by Crippen LogP contribution is -2.41. The van der Waals surface area contributed by atoms with Gasteiger partial charge in [-0.15, -0.1) is 0 Å². The zero-order valence-corrected chi connectivity index (χ0v) is 28.2. The summed E-state index contributed by atoms with van der Waals surface area (Å²) < 4.78 is 17.7. The Bertz CT molecular complexity index is 2460. The fourth-order valence-electron chi connectivity index (χ4n) is 7.67. The SMILES string of the molecule is CC1C=CC=C(n2c3ccccc3c3cc(-c4ccc5c(c4)c4ccccc4n5-c4cccc(B5OC(C)(C)C(C)(C)O5)c4)ccc32)C1. The van der Waals surface area contributed by atoms with E-state index in [2.05, 4.69) is 171 Å². The smallest absolute Gasteiger partial charge is 0.399 e. The quantitative estimate of drug-likeness (QED) is 0.182. The fraction of sp³-hybridized carbons (Fsp3) is 0.209. The third-order valence-corrected chi connectivity index (χ3v) is 10.9. The van der Waals surface area contributed by atoms with Crippen LogP contribution in [0.15, 0.2) is 127 Å². The van der Waals surface area contributed by atoms with Gasteiger partial charge in [0.05, 0.1) is 33.3 Å². The molecule has 0 radical (unpaired) electrons. The Balaban J connectivity index is 1.17. The van der Waals surface area contributed by atoms with Crippen molar-refractivity contribution in [1.82, 2.24) is 9.13 Å². The van der Waals surface area contributed by atoms with Crippen LogP contribution in [0.1, 0.15) is 41.0 Å². The number of hydrogen-bond donors (Lipinski definition) is 0. The van der Waals surface area contributed by atoms with E-state index < -0.39 is 18.3 Å². The summed E-state index contributed by atoms with van der Waals surface area (Å²) in [4.78, 5) is 0. The molecule has 48 heavy (non-hydrogen) atoms. The van der Waals surface area contributed by atoms with Gasteiger partial charge >= 0.3 is 7.12 Å². The molecule has 1 aliphatic carbocycles. The molecule has 7 aromatic rings. The van der Waals surface area contributed by atoms with Crippen molar-refractivity contribution < 1.29 is 9.31 Å². The third kappa shape index (κ3) is 4.45. The van der Waals surface area contributed by atoms with Crippen LogP contribution < -0.4 is 5.46 Å². The lowest BCUT2D eigenvalue weighted by molar-refractivity contribution is 0.00578. The molecule has 4 nitrogen and oxygen atoms in total. The molecule has 2 aliphatic rings. The van der Waals surface area contributed by atoms with E-state index in [0.29, 0.717) is 5.92 Å². The van der Waals surface area contributed by atoms with Crippen LogP contribution in [0.3, 0.4) is 0 Å². The van der Waals surface area contributed by atoms with Gasteiger partial charge in [-0.2, -0.15) is 0 Å². The van der Waals surface area contributed by atoms with Gasteiger partial charge in [0, 0.05) is 32.9 Å². The van der Waals surface area contributed by atoms with Crippen molar-refractivity contribution in [3.63, 3.8) is 0 Å². The topological polar surface area (TPSA) is 28.3 Å². The molecule has 236 valence electrons. The van der Waals surface area contributed by atoms with Crippen molar-refractivity contribution in [2.24, 2.45) is 5.92 Å². The first-order valence-corrected chi connectivity index (χ1v) is 17.1. The van der Waals surface area contributed by atoms with Crippen molar-refractivity contribution in [2.45, 2.75) is 52.2 Å². The summed E-state index contributed by atoms with van der Waals surface area (Å²) >= 11 is 0. The summed E-state index contributed by atoms with van der Waals surface area (Å²) in [6.45, 7) is 10.7. The van der Waals surface area contributed by atoms with Gasteiger partial charge in [0.1, 0.15) is 0 Å². The minimum atomic E-state index is -0.412. The Hall–Kier alpha value is -4.84. The van der Waals surface area contributed by atoms with Crippen LogP contribution in [0, 0.1) is 5.92 Å². The third-order valence-electron chi connectivity index (χ3n) is 10.9. The molecule has 5 aromatic carbocycles. The molecule has 2 aromatic heterocycles. The first-order chi connectivity index (χ1) is 23.2. The molecule has 1 fully saturated rings. The molecule has 5 heteroatoms. The van der Waals surface area contributed by atoms with Gasteiger partial charge < -0.3 is 18.4 Å². The Kier molecular flexibility index (Phi) is 6.46. The Labute approximate surface area is 282 Å². The molecule has 0 bridgehead atoms. The second-order valence-electron chi connectivity index (χ2n) is 14.6. The highest BCUT2D eigenvalue weighted by Crippen LogP contribution is 2.40. The van der Waals surface area contributed by atoms with Gasteiger partial charge in [-0.1, -0.05) is 79.7 Å². The van der Waals surface area contributed by atoms with E-state index in [4.69, 9.17) is 9.31 Å². The van der Waals surface area contributed by atoms with Gasteiger partial charge in [-0.05, 0) is 111 Å². The minimum Gasteiger partial charge on any atom is -0.399 e. The van der Waals surface area contributed by atoms with Gasteiger partial charge in [0.15, 0.2) is 0 Å². The van der Waals surface area contributed by atoms with E-state index >= 15 is 0 Å². The molecule has 1 atom stereocenters. The van der Waals surface area contributed by atoms with Crippen LogP contribution in [-0.2, 0) is 9.31 Å². The summed E-state index contributed by atoms with van der Waals surface area (Å²) in [7, 11) is -0.412. The van der Waals surface area contributed by atoms with Crippen LogP contribution in [0.25, 0.3) is 66.1 Å². The van der Waals surface area contributed by atoms with E-state index in [0.717, 1.165) is 17.6 Å². The number of para-hydroxylation sites is 2. The van der Waals surface area contributed by atoms with Gasteiger partial charge in [-0.25, -0.2) is 0 Å². The van der Waals surface area contributed by atoms with E-state index in [-0.39, 0.29) is 0 Å². The predicted molar refractivity (Wildman–Crippen MR) is 202 cm³/mol. The Morgan fingerprint density at radius 3 is 1.79 bits per heavy atom. The minimum absolute atomic E-state index is 0.391. The Morgan fingerprint density at radius 2 is 1.17 bits per heavy atom. The van der Waals surface area contributed by atoms with E-state index in [9.17, 15) is 0 Å². The summed E-state index contributed by atoms with van der Waals surface area (Å²) in [6, 6.07) is 40.0. The summed E-state index contributed by atoms with van der Waals surface area (Å²) in [5.41, 5.74) is 9.99. The Morgan fingerprint density at radius 1 is 0.604 bits per heavy atom. The number of nitrogens with zero attached hydrogens (tertiary/aromatic N) is 2. The number of aromatic nitrogens is 2. The monoisotopic (exact) mass is 626 g/mol. The lowest BCUT2D eigenvalue weighted by atomic mass is 9.79. The summed E-state index contributed by atoms with van der Waals surface area (Å²) in [5.74, 6) is 0.528. The standard InChI is InChI=1S/C43H39BN2O2/c1-28-12-10-14-32(24-28)45-38-18-8-6-16-34(38)36-25-29(20-22-40(36)45)30-21-23-41-37(26-30)35-17-7-9-19-39(35)46(41)33-15-11-13-31(27-33)44-47-42(2,3)43(4,5)48-44/h6-23,25-28H,24H2,1-5H3. The summed E-state index contributed by atoms with van der Waals surface area (Å²) in [5, 5.41) is 5.05. The molecular formula is C43H39BN2O2. The van der Waals surface area contributed by atoms with Crippen molar-refractivity contribution in [1.29, 1.82) is 0 Å². The highest BCUT2D eigenvalue weighted by Gasteiger charge is 2.51. The molecule has 0 saturated carbocycles. The number of allylic oxidation sites excluding steroid dienone is 4. The first kappa shape index (κ1) is 29.3. The van der Waals surface area contributed by atoms with Gasteiger partial charge in [0.25, 0.3) is 0 Å². The molecule has 1 saturated heterocycles. The molecular weight excluding hydrogens is 587 g/mol. The normalized spacial score (nSPS) is 18.8. The van der Waals surface area contributed by atoms with Crippen LogP contribution in [0.5, 0.6) is 0 Å². The number of fused-ring (bicyclic) bond motifs is 6. The molecule has 0 spiro atoms. The largest absolute Gasteiger partial charge is 0.494 e. The van der Waals surface area contributed by atoms with Crippen LogP contribution in [0.2, 0.25) is 0 Å². The molecule has 1 unspecified atom stereocenters.